The molecule has 7 nitrogen and oxygen atoms in total. The Labute approximate surface area is 237 Å². The summed E-state index contributed by atoms with van der Waals surface area (Å²) in [6.07, 6.45) is 5.13. The van der Waals surface area contributed by atoms with Crippen LogP contribution in [-0.2, 0) is 0 Å². The summed E-state index contributed by atoms with van der Waals surface area (Å²) in [6.45, 7) is 2.65. The number of H-pyrrole nitrogens is 1. The molecule has 4 N–H and O–H groups in total. The third-order valence-corrected chi connectivity index (χ3v) is 11.8. The first-order valence-electron chi connectivity index (χ1n) is 12.6. The number of aliphatic hydroxyl groups excluding tert-OH is 1. The minimum absolute atomic E-state index is 0.163. The van der Waals surface area contributed by atoms with Gasteiger partial charge in [0.1, 0.15) is 0 Å². The quantitative estimate of drug-likeness (QED) is 0.127. The van der Waals surface area contributed by atoms with Gasteiger partial charge in [0.2, 0.25) is 0 Å². The van der Waals surface area contributed by atoms with Crippen LogP contribution >= 0.6 is 23.2 Å². The van der Waals surface area contributed by atoms with Gasteiger partial charge >= 0.3 is 210 Å². The van der Waals surface area contributed by atoms with Crippen LogP contribution in [0.1, 0.15) is 41.1 Å². The molecule has 37 heavy (non-hydrogen) atoms. The Hall–Kier alpha value is -1.85. The summed E-state index contributed by atoms with van der Waals surface area (Å²) in [5.74, 6) is 0.783. The van der Waals surface area contributed by atoms with Crippen molar-refractivity contribution in [1.82, 2.24) is 13.0 Å². The normalized spacial score (nSPS) is 21.1. The Morgan fingerprint density at radius 2 is 1.92 bits per heavy atom. The van der Waals surface area contributed by atoms with Gasteiger partial charge in [0.25, 0.3) is 0 Å². The van der Waals surface area contributed by atoms with E-state index in [2.05, 4.69) is 43.6 Å². The molecule has 2 aromatic carbocycles. The molecule has 0 saturated carbocycles. The fourth-order valence-electron chi connectivity index (χ4n) is 5.36. The van der Waals surface area contributed by atoms with Crippen molar-refractivity contribution in [3.63, 3.8) is 0 Å². The number of aliphatic hydroxyl groups is 1. The third kappa shape index (κ3) is 5.93. The number of nitrogens with two attached hydrogens (primary N) is 1. The number of hydrogen-bond donors (Lipinski definition) is 3. The van der Waals surface area contributed by atoms with Crippen LogP contribution in [0, 0.1) is 5.92 Å². The number of piperidine rings is 1. The molecule has 1 amide bonds. The molecule has 2 aliphatic heterocycles. The molecule has 5 rings (SSSR count). The van der Waals surface area contributed by atoms with E-state index in [1.807, 2.05) is 4.90 Å². The number of aromatic nitrogens is 1. The summed E-state index contributed by atoms with van der Waals surface area (Å²) in [5.41, 5.74) is 9.19. The molecule has 0 radical (unpaired) electrons. The second-order valence-corrected chi connectivity index (χ2v) is 13.3. The van der Waals surface area contributed by atoms with Gasteiger partial charge in [0.15, 0.2) is 0 Å². The summed E-state index contributed by atoms with van der Waals surface area (Å²) >= 11 is 11.8. The monoisotopic (exact) mass is 654 g/mol. The number of likely N-dealkylation sites (tertiary alicyclic amines) is 1. The van der Waals surface area contributed by atoms with Crippen LogP contribution in [0.15, 0.2) is 53.7 Å². The van der Waals surface area contributed by atoms with Crippen LogP contribution < -0.4 is 27.2 Å². The second kappa shape index (κ2) is 11.9. The molecule has 0 bridgehead atoms. The van der Waals surface area contributed by atoms with E-state index < -0.39 is 5.91 Å². The molecule has 2 saturated heterocycles. The van der Waals surface area contributed by atoms with E-state index in [1.165, 1.54) is 27.0 Å². The number of nitrogens with zero attached hydrogens (tertiary/aromatic N) is 3. The molecule has 10 heteroatoms. The van der Waals surface area contributed by atoms with Crippen molar-refractivity contribution in [3.05, 3.63) is 69.8 Å². The SMILES string of the molecule is NC(=NC(=O)c1ccc(Cl)c(Cl)c1)N1CCC(C(CO)N2CCC(c3c[nH]c4ccccc34)C[I-]2)CC1. The summed E-state index contributed by atoms with van der Waals surface area (Å²) in [7, 11) is 0. The van der Waals surface area contributed by atoms with Crippen molar-refractivity contribution in [2.75, 3.05) is 30.7 Å². The van der Waals surface area contributed by atoms with Crippen LogP contribution in [0.3, 0.4) is 0 Å². The Bertz CT molecular complexity index is 1280. The Kier molecular flexibility index (Phi) is 8.60. The van der Waals surface area contributed by atoms with Gasteiger partial charge in [-0.2, -0.15) is 0 Å². The second-order valence-electron chi connectivity index (χ2n) is 9.65. The van der Waals surface area contributed by atoms with Gasteiger partial charge in [-0.1, -0.05) is 23.2 Å². The fraction of sp³-hybridized carbons (Fsp3) is 0.407. The number of rotatable bonds is 5. The molecule has 0 spiro atoms. The molecule has 3 aromatic rings. The van der Waals surface area contributed by atoms with Gasteiger partial charge in [-0.15, -0.1) is 0 Å². The number of hydrogen-bond acceptors (Lipinski definition) is 3. The number of aromatic amines is 1. The van der Waals surface area contributed by atoms with Crippen LogP contribution in [0.2, 0.25) is 10.0 Å². The Morgan fingerprint density at radius 1 is 1.14 bits per heavy atom. The zero-order valence-electron chi connectivity index (χ0n) is 20.4. The average molecular weight is 655 g/mol. The predicted molar refractivity (Wildman–Crippen MR) is 145 cm³/mol. The van der Waals surface area contributed by atoms with E-state index in [0.717, 1.165) is 38.9 Å². The summed E-state index contributed by atoms with van der Waals surface area (Å²) in [4.78, 5) is 22.0. The molecular formula is C27H31Cl2IN5O2-. The molecular weight excluding hydrogens is 624 g/mol. The molecule has 198 valence electrons. The summed E-state index contributed by atoms with van der Waals surface area (Å²) in [6, 6.07) is 13.4. The maximum absolute atomic E-state index is 12.5. The van der Waals surface area contributed by atoms with Gasteiger partial charge in [-0.05, 0) is 0 Å². The first-order chi connectivity index (χ1) is 17.9. The number of aliphatic imine (C=N–C) groups is 1. The number of alkyl halides is 1. The number of carbonyl (C=O) groups excluding carboxylic acids is 1. The standard InChI is InChI=1S/C27H31Cl2IN5O2/c28-22-6-5-18(13-23(22)29)26(37)33-27(31)34-10-7-17(8-11-34)25(16-36)35-12-9-19(14-30-35)21-15-32-24-4-2-1-3-20(21)24/h1-6,13,15,17,19,25,32,36H,7-12,14,16H2,(H2,31,33,37)/q-1. The number of para-hydroxylation sites is 1. The van der Waals surface area contributed by atoms with E-state index in [1.54, 1.807) is 12.1 Å². The van der Waals surface area contributed by atoms with Crippen molar-refractivity contribution in [1.29, 1.82) is 0 Å². The molecule has 0 aliphatic carbocycles. The number of benzene rings is 2. The van der Waals surface area contributed by atoms with Crippen LogP contribution in [0.5, 0.6) is 0 Å². The number of nitrogens with one attached hydrogen (secondary N) is 1. The van der Waals surface area contributed by atoms with E-state index in [-0.39, 0.29) is 40.1 Å². The van der Waals surface area contributed by atoms with Gasteiger partial charge in [-0.3, -0.25) is 0 Å². The van der Waals surface area contributed by atoms with E-state index in [9.17, 15) is 9.90 Å². The van der Waals surface area contributed by atoms with E-state index in [0.29, 0.717) is 27.4 Å². The molecule has 2 fully saturated rings. The predicted octanol–water partition coefficient (Wildman–Crippen LogP) is 1.50. The molecule has 2 atom stereocenters. The first kappa shape index (κ1) is 26.7. The van der Waals surface area contributed by atoms with Crippen molar-refractivity contribution in [3.8, 4) is 0 Å². The van der Waals surface area contributed by atoms with Crippen LogP contribution in [0.25, 0.3) is 10.9 Å². The van der Waals surface area contributed by atoms with Crippen molar-refractivity contribution in [2.45, 2.75) is 31.2 Å². The van der Waals surface area contributed by atoms with Gasteiger partial charge in [-0.25, -0.2) is 0 Å². The molecule has 2 aliphatic rings. The fourth-order valence-corrected chi connectivity index (χ4v) is 9.31. The number of guanidine groups is 1. The average Bonchev–Trinajstić information content (AvgIpc) is 3.35. The molecule has 1 aromatic heterocycles. The molecule has 2 unspecified atom stereocenters. The van der Waals surface area contributed by atoms with Crippen LogP contribution in [-0.4, -0.2) is 66.7 Å². The Balaban J connectivity index is 1.15. The number of halogens is 3. The molecule has 3 heterocycles. The summed E-state index contributed by atoms with van der Waals surface area (Å²) < 4.78 is 3.78. The maximum atomic E-state index is 12.5. The van der Waals surface area contributed by atoms with Crippen molar-refractivity contribution in [2.24, 2.45) is 16.6 Å². The summed E-state index contributed by atoms with van der Waals surface area (Å²) in [5, 5.41) is 12.4. The minimum atomic E-state index is -0.436. The van der Waals surface area contributed by atoms with E-state index >= 15 is 0 Å². The third-order valence-electron chi connectivity index (χ3n) is 7.50. The zero-order valence-corrected chi connectivity index (χ0v) is 24.1. The van der Waals surface area contributed by atoms with Crippen LogP contribution in [0.4, 0.5) is 0 Å². The van der Waals surface area contributed by atoms with Crippen molar-refractivity contribution >= 4 is 46.0 Å². The first-order valence-corrected chi connectivity index (χ1v) is 15.8. The Morgan fingerprint density at radius 3 is 2.62 bits per heavy atom. The van der Waals surface area contributed by atoms with Gasteiger partial charge in [0, 0.05) is 0 Å². The number of fused-ring (bicyclic) bond motifs is 1. The van der Waals surface area contributed by atoms with Gasteiger partial charge < -0.3 is 0 Å². The van der Waals surface area contributed by atoms with Crippen molar-refractivity contribution < 1.29 is 31.4 Å². The topological polar surface area (TPSA) is 97.9 Å². The number of amides is 1. The van der Waals surface area contributed by atoms with Gasteiger partial charge in [0.05, 0.1) is 5.02 Å². The zero-order chi connectivity index (χ0) is 25.9. The number of carbonyl (C=O) groups is 1. The van der Waals surface area contributed by atoms with E-state index in [4.69, 9.17) is 28.9 Å².